The molecule has 3 aliphatic heterocycles. The molecule has 2 atom stereocenters. The SMILES string of the molecule is COc1c(Br)cc(COC(=O)N2CC[C@@H](N3CCc4ccccc4NC3=O)C[C@@]2(CC=O)N2CCC(N(C)C)CC2)cc1Br. The van der Waals surface area contributed by atoms with Crippen LogP contribution in [0.4, 0.5) is 15.3 Å². The van der Waals surface area contributed by atoms with E-state index in [2.05, 4.69) is 61.1 Å². The summed E-state index contributed by atoms with van der Waals surface area (Å²) >= 11 is 7.04. The van der Waals surface area contributed by atoms with E-state index in [9.17, 15) is 14.4 Å². The van der Waals surface area contributed by atoms with Crippen LogP contribution in [0.3, 0.4) is 0 Å². The Bertz CT molecular complexity index is 1350. The number of methoxy groups -OCH3 is 1. The van der Waals surface area contributed by atoms with E-state index in [0.717, 1.165) is 64.4 Å². The number of anilines is 1. The number of fused-ring (bicyclic) bond motifs is 1. The van der Waals surface area contributed by atoms with Gasteiger partial charge in [0.25, 0.3) is 0 Å². The van der Waals surface area contributed by atoms with Gasteiger partial charge in [0.1, 0.15) is 24.3 Å². The van der Waals surface area contributed by atoms with Crippen molar-refractivity contribution < 1.29 is 23.9 Å². The molecule has 2 aromatic rings. The largest absolute Gasteiger partial charge is 0.494 e. The molecule has 12 heteroatoms. The van der Waals surface area contributed by atoms with Gasteiger partial charge in [-0.1, -0.05) is 18.2 Å². The average Bonchev–Trinajstić information content (AvgIpc) is 3.18. The molecule has 0 spiro atoms. The van der Waals surface area contributed by atoms with Crippen LogP contribution in [0.5, 0.6) is 5.75 Å². The van der Waals surface area contributed by atoms with E-state index >= 15 is 0 Å². The Morgan fingerprint density at radius 3 is 2.45 bits per heavy atom. The highest BCUT2D eigenvalue weighted by Crippen LogP contribution is 2.40. The fourth-order valence-corrected chi connectivity index (χ4v) is 8.61. The summed E-state index contributed by atoms with van der Waals surface area (Å²) in [7, 11) is 5.78. The fourth-order valence-electron chi connectivity index (χ4n) is 7.01. The molecule has 2 saturated heterocycles. The summed E-state index contributed by atoms with van der Waals surface area (Å²) < 4.78 is 12.8. The van der Waals surface area contributed by atoms with Crippen molar-refractivity contribution in [3.05, 3.63) is 56.5 Å². The van der Waals surface area contributed by atoms with Crippen molar-refractivity contribution in [2.75, 3.05) is 52.7 Å². The van der Waals surface area contributed by atoms with Crippen LogP contribution in [0.25, 0.3) is 0 Å². The van der Waals surface area contributed by atoms with Gasteiger partial charge in [0.15, 0.2) is 0 Å². The molecule has 238 valence electrons. The number of aldehydes is 1. The van der Waals surface area contributed by atoms with Crippen molar-refractivity contribution in [1.29, 1.82) is 0 Å². The van der Waals surface area contributed by atoms with Crippen LogP contribution in [-0.2, 0) is 22.6 Å². The minimum atomic E-state index is -0.903. The Morgan fingerprint density at radius 1 is 1.09 bits per heavy atom. The lowest BCUT2D eigenvalue weighted by Crippen LogP contribution is -2.69. The third-order valence-corrected chi connectivity index (χ3v) is 10.6. The van der Waals surface area contributed by atoms with Gasteiger partial charge in [-0.15, -0.1) is 0 Å². The number of para-hydroxylation sites is 1. The number of nitrogens with zero attached hydrogens (tertiary/aromatic N) is 4. The average molecular weight is 736 g/mol. The van der Waals surface area contributed by atoms with Crippen LogP contribution >= 0.6 is 31.9 Å². The topological polar surface area (TPSA) is 94.7 Å². The van der Waals surface area contributed by atoms with Gasteiger partial charge >= 0.3 is 12.1 Å². The van der Waals surface area contributed by atoms with E-state index < -0.39 is 11.8 Å². The highest BCUT2D eigenvalue weighted by Gasteiger charge is 2.51. The summed E-state index contributed by atoms with van der Waals surface area (Å²) in [6.07, 6.45) is 4.24. The molecule has 5 rings (SSSR count). The maximum Gasteiger partial charge on any atom is 0.411 e. The molecule has 44 heavy (non-hydrogen) atoms. The molecule has 0 aliphatic carbocycles. The first-order valence-corrected chi connectivity index (χ1v) is 16.7. The lowest BCUT2D eigenvalue weighted by atomic mass is 9.84. The highest BCUT2D eigenvalue weighted by molar-refractivity contribution is 9.11. The molecule has 0 unspecified atom stereocenters. The minimum Gasteiger partial charge on any atom is -0.494 e. The Morgan fingerprint density at radius 2 is 1.80 bits per heavy atom. The molecule has 3 aliphatic rings. The fraction of sp³-hybridized carbons (Fsp3) is 0.531. The van der Waals surface area contributed by atoms with Crippen LogP contribution in [0.1, 0.15) is 43.2 Å². The van der Waals surface area contributed by atoms with Crippen LogP contribution in [0, 0.1) is 0 Å². The zero-order valence-electron chi connectivity index (χ0n) is 25.6. The lowest BCUT2D eigenvalue weighted by Gasteiger charge is -2.56. The van der Waals surface area contributed by atoms with Gasteiger partial charge in [-0.25, -0.2) is 9.59 Å². The Hall–Kier alpha value is -2.67. The van der Waals surface area contributed by atoms with Crippen molar-refractivity contribution in [1.82, 2.24) is 19.6 Å². The summed E-state index contributed by atoms with van der Waals surface area (Å²) in [5.74, 6) is 0.661. The predicted octanol–water partition coefficient (Wildman–Crippen LogP) is 5.72. The van der Waals surface area contributed by atoms with E-state index in [1.807, 2.05) is 41.3 Å². The van der Waals surface area contributed by atoms with Crippen molar-refractivity contribution in [3.63, 3.8) is 0 Å². The molecule has 0 aromatic heterocycles. The number of rotatable bonds is 8. The second-order valence-electron chi connectivity index (χ2n) is 12.0. The standard InChI is InChI=1S/C32H41Br2N5O5/c1-36(2)24-9-13-37(14-10-24)32(12-17-40)20-25(38-15-8-23-6-4-5-7-28(23)35-30(38)41)11-16-39(32)31(42)44-21-22-18-26(33)29(43-3)27(34)19-22/h4-7,17-19,24-25H,8-16,20-21H2,1-3H3,(H,35,41)/t25-,32+/m1/s1. The molecule has 3 heterocycles. The van der Waals surface area contributed by atoms with Crippen LogP contribution in [0.15, 0.2) is 45.3 Å². The van der Waals surface area contributed by atoms with Crippen molar-refractivity contribution in [2.24, 2.45) is 0 Å². The van der Waals surface area contributed by atoms with Crippen molar-refractivity contribution >= 4 is 56.0 Å². The third-order valence-electron chi connectivity index (χ3n) is 9.37. The second-order valence-corrected chi connectivity index (χ2v) is 13.7. The zero-order chi connectivity index (χ0) is 31.4. The first kappa shape index (κ1) is 32.7. The van der Waals surface area contributed by atoms with E-state index in [1.165, 1.54) is 0 Å². The molecule has 1 N–H and O–H groups in total. The van der Waals surface area contributed by atoms with Gasteiger partial charge < -0.3 is 29.4 Å². The van der Waals surface area contributed by atoms with Gasteiger partial charge in [-0.3, -0.25) is 9.80 Å². The van der Waals surface area contributed by atoms with Gasteiger partial charge in [0.05, 0.1) is 16.1 Å². The zero-order valence-corrected chi connectivity index (χ0v) is 28.7. The number of carbonyl (C=O) groups is 3. The Balaban J connectivity index is 1.40. The number of halogens is 2. The number of benzene rings is 2. The van der Waals surface area contributed by atoms with Crippen molar-refractivity contribution in [2.45, 2.75) is 62.9 Å². The number of amides is 3. The summed E-state index contributed by atoms with van der Waals surface area (Å²) in [5.41, 5.74) is 1.83. The second kappa shape index (κ2) is 14.2. The monoisotopic (exact) mass is 733 g/mol. The number of piperidine rings is 2. The first-order chi connectivity index (χ1) is 21.2. The number of carbonyl (C=O) groups excluding carboxylic acids is 3. The number of nitrogens with one attached hydrogen (secondary N) is 1. The van der Waals surface area contributed by atoms with E-state index in [-0.39, 0.29) is 25.1 Å². The normalized spacial score (nSPS) is 23.1. The quantitative estimate of drug-likeness (QED) is 0.347. The van der Waals surface area contributed by atoms with E-state index in [1.54, 1.807) is 12.0 Å². The van der Waals surface area contributed by atoms with E-state index in [4.69, 9.17) is 9.47 Å². The molecular weight excluding hydrogens is 694 g/mol. The summed E-state index contributed by atoms with van der Waals surface area (Å²) in [4.78, 5) is 48.0. The number of hydrogen-bond donors (Lipinski definition) is 1. The first-order valence-electron chi connectivity index (χ1n) is 15.1. The molecule has 2 fully saturated rings. The molecule has 2 aromatic carbocycles. The molecule has 0 saturated carbocycles. The van der Waals surface area contributed by atoms with Gasteiger partial charge in [0.2, 0.25) is 0 Å². The minimum absolute atomic E-state index is 0.0621. The van der Waals surface area contributed by atoms with Crippen LogP contribution in [0.2, 0.25) is 0 Å². The molecular formula is C32H41Br2N5O5. The van der Waals surface area contributed by atoms with Crippen LogP contribution < -0.4 is 10.1 Å². The van der Waals surface area contributed by atoms with Gasteiger partial charge in [-0.2, -0.15) is 0 Å². The number of ether oxygens (including phenoxy) is 2. The maximum absolute atomic E-state index is 13.9. The van der Waals surface area contributed by atoms with E-state index in [0.29, 0.717) is 37.7 Å². The Labute approximate surface area is 276 Å². The summed E-state index contributed by atoms with van der Waals surface area (Å²) in [5, 5.41) is 3.09. The van der Waals surface area contributed by atoms with Gasteiger partial charge in [0, 0.05) is 56.8 Å². The predicted molar refractivity (Wildman–Crippen MR) is 176 cm³/mol. The maximum atomic E-state index is 13.9. The smallest absolute Gasteiger partial charge is 0.411 e. The molecule has 0 bridgehead atoms. The molecule has 10 nitrogen and oxygen atoms in total. The van der Waals surface area contributed by atoms with Crippen molar-refractivity contribution in [3.8, 4) is 5.75 Å². The summed E-state index contributed by atoms with van der Waals surface area (Å²) in [6, 6.07) is 11.8. The van der Waals surface area contributed by atoms with Crippen LogP contribution in [-0.4, -0.2) is 103 Å². The number of hydrogen-bond acceptors (Lipinski definition) is 7. The molecule has 0 radical (unpaired) electrons. The van der Waals surface area contributed by atoms with Gasteiger partial charge in [-0.05, 0) is 101 Å². The highest BCUT2D eigenvalue weighted by atomic mass is 79.9. The summed E-state index contributed by atoms with van der Waals surface area (Å²) in [6.45, 7) is 2.48. The lowest BCUT2D eigenvalue weighted by molar-refractivity contribution is -0.128. The number of urea groups is 1. The number of likely N-dealkylation sites (tertiary alicyclic amines) is 2. The Kier molecular flexibility index (Phi) is 10.5. The third kappa shape index (κ3) is 6.78. The molecule has 3 amide bonds.